The lowest BCUT2D eigenvalue weighted by Crippen LogP contribution is -2.02. The van der Waals surface area contributed by atoms with Crippen LogP contribution < -0.4 is 0 Å². The van der Waals surface area contributed by atoms with Crippen molar-refractivity contribution in [1.82, 2.24) is 0 Å². The van der Waals surface area contributed by atoms with Gasteiger partial charge in [0.15, 0.2) is 0 Å². The topological polar surface area (TPSA) is 26.3 Å². The van der Waals surface area contributed by atoms with Crippen LogP contribution in [0.25, 0.3) is 0 Å². The molecule has 0 radical (unpaired) electrons. The molecule has 0 aliphatic carbocycles. The molecule has 0 rings (SSSR count). The minimum Gasteiger partial charge on any atom is -0.466 e. The average Bonchev–Trinajstić information content (AvgIpc) is 2.22. The molecule has 0 atom stereocenters. The van der Waals surface area contributed by atoms with Gasteiger partial charge in [0.25, 0.3) is 0 Å². The Bertz CT molecular complexity index is 173. The Morgan fingerprint density at radius 2 is 1.73 bits per heavy atom. The van der Waals surface area contributed by atoms with Crippen LogP contribution in [-0.2, 0) is 9.53 Å². The van der Waals surface area contributed by atoms with Crippen molar-refractivity contribution < 1.29 is 9.53 Å². The predicted molar refractivity (Wildman–Crippen MR) is 63.8 cm³/mol. The maximum absolute atomic E-state index is 11.0. The van der Waals surface area contributed by atoms with Gasteiger partial charge in [0.05, 0.1) is 6.61 Å². The Hall–Kier alpha value is -0.790. The first-order valence-corrected chi connectivity index (χ1v) is 6.11. The Morgan fingerprint density at radius 3 is 2.33 bits per heavy atom. The third-order valence-corrected chi connectivity index (χ3v) is 2.20. The highest BCUT2D eigenvalue weighted by atomic mass is 16.5. The SMILES string of the molecule is CCCC/C=C/CCCCC(=O)OCC. The first-order valence-electron chi connectivity index (χ1n) is 6.11. The Balaban J connectivity index is 3.17. The van der Waals surface area contributed by atoms with Crippen LogP contribution in [0.3, 0.4) is 0 Å². The predicted octanol–water partition coefficient (Wildman–Crippen LogP) is 3.86. The second-order valence-corrected chi connectivity index (χ2v) is 3.66. The summed E-state index contributed by atoms with van der Waals surface area (Å²) in [5.74, 6) is -0.0625. The molecule has 0 aromatic carbocycles. The number of allylic oxidation sites excluding steroid dienone is 2. The van der Waals surface area contributed by atoms with Gasteiger partial charge < -0.3 is 4.74 Å². The van der Waals surface area contributed by atoms with Crippen molar-refractivity contribution in [3.05, 3.63) is 12.2 Å². The van der Waals surface area contributed by atoms with Gasteiger partial charge >= 0.3 is 5.97 Å². The first-order chi connectivity index (χ1) is 7.31. The summed E-state index contributed by atoms with van der Waals surface area (Å²) in [4.78, 5) is 11.0. The molecule has 0 aliphatic heterocycles. The number of unbranched alkanes of at least 4 members (excludes halogenated alkanes) is 4. The third kappa shape index (κ3) is 11.1. The fourth-order valence-corrected chi connectivity index (χ4v) is 1.32. The standard InChI is InChI=1S/C13H24O2/c1-3-5-6-7-8-9-10-11-12-13(14)15-4-2/h7-8H,3-6,9-12H2,1-2H3/b8-7+. The van der Waals surface area contributed by atoms with Crippen molar-refractivity contribution in [2.75, 3.05) is 6.61 Å². The summed E-state index contributed by atoms with van der Waals surface area (Å²) in [6.45, 7) is 4.54. The van der Waals surface area contributed by atoms with Crippen molar-refractivity contribution in [3.8, 4) is 0 Å². The zero-order chi connectivity index (χ0) is 11.4. The van der Waals surface area contributed by atoms with Gasteiger partial charge in [-0.1, -0.05) is 31.9 Å². The summed E-state index contributed by atoms with van der Waals surface area (Å²) in [5, 5.41) is 0. The number of hydrogen-bond donors (Lipinski definition) is 0. The van der Waals surface area contributed by atoms with E-state index in [1.807, 2.05) is 6.92 Å². The number of rotatable bonds is 9. The molecule has 0 unspecified atom stereocenters. The molecule has 2 nitrogen and oxygen atoms in total. The zero-order valence-corrected chi connectivity index (χ0v) is 10.1. The molecule has 88 valence electrons. The van der Waals surface area contributed by atoms with Gasteiger partial charge in [-0.3, -0.25) is 4.79 Å². The van der Waals surface area contributed by atoms with E-state index in [1.54, 1.807) is 0 Å². The molecule has 0 bridgehead atoms. The van der Waals surface area contributed by atoms with E-state index >= 15 is 0 Å². The lowest BCUT2D eigenvalue weighted by atomic mass is 10.1. The molecular weight excluding hydrogens is 188 g/mol. The molecule has 0 N–H and O–H groups in total. The molecular formula is C13H24O2. The first kappa shape index (κ1) is 14.2. The number of carbonyl (C=O) groups is 1. The van der Waals surface area contributed by atoms with Gasteiger partial charge in [-0.2, -0.15) is 0 Å². The van der Waals surface area contributed by atoms with Gasteiger partial charge in [0.2, 0.25) is 0 Å². The maximum Gasteiger partial charge on any atom is 0.305 e. The molecule has 0 amide bonds. The van der Waals surface area contributed by atoms with E-state index in [0.29, 0.717) is 13.0 Å². The molecule has 0 aromatic heterocycles. The normalized spacial score (nSPS) is 10.8. The molecule has 0 aliphatic rings. The number of esters is 1. The van der Waals surface area contributed by atoms with Crippen molar-refractivity contribution >= 4 is 5.97 Å². The van der Waals surface area contributed by atoms with Crippen LogP contribution in [0.4, 0.5) is 0 Å². The number of carbonyl (C=O) groups excluding carboxylic acids is 1. The van der Waals surface area contributed by atoms with E-state index in [1.165, 1.54) is 19.3 Å². The molecule has 15 heavy (non-hydrogen) atoms. The van der Waals surface area contributed by atoms with E-state index in [4.69, 9.17) is 4.74 Å². The van der Waals surface area contributed by atoms with E-state index < -0.39 is 0 Å². The Labute approximate surface area is 93.7 Å². The highest BCUT2D eigenvalue weighted by Gasteiger charge is 1.99. The van der Waals surface area contributed by atoms with Gasteiger partial charge in [0.1, 0.15) is 0 Å². The van der Waals surface area contributed by atoms with Gasteiger partial charge in [-0.05, 0) is 32.6 Å². The molecule has 0 fully saturated rings. The number of hydrogen-bond acceptors (Lipinski definition) is 2. The minimum atomic E-state index is -0.0625. The van der Waals surface area contributed by atoms with Crippen LogP contribution in [0.15, 0.2) is 12.2 Å². The summed E-state index contributed by atoms with van der Waals surface area (Å²) in [6, 6.07) is 0. The monoisotopic (exact) mass is 212 g/mol. The van der Waals surface area contributed by atoms with Crippen molar-refractivity contribution in [2.45, 2.75) is 58.8 Å². The van der Waals surface area contributed by atoms with Crippen LogP contribution in [0, 0.1) is 0 Å². The average molecular weight is 212 g/mol. The summed E-state index contributed by atoms with van der Waals surface area (Å²) in [5.41, 5.74) is 0. The molecule has 0 saturated carbocycles. The van der Waals surface area contributed by atoms with Crippen molar-refractivity contribution in [3.63, 3.8) is 0 Å². The molecule has 0 aromatic rings. The minimum absolute atomic E-state index is 0.0625. The Kier molecular flexibility index (Phi) is 10.7. The fourth-order valence-electron chi connectivity index (χ4n) is 1.32. The van der Waals surface area contributed by atoms with E-state index in [9.17, 15) is 4.79 Å². The van der Waals surface area contributed by atoms with Crippen LogP contribution in [0.1, 0.15) is 58.8 Å². The number of ether oxygens (including phenoxy) is 1. The summed E-state index contributed by atoms with van der Waals surface area (Å²) in [7, 11) is 0. The molecule has 0 heterocycles. The van der Waals surface area contributed by atoms with Crippen molar-refractivity contribution in [2.24, 2.45) is 0 Å². The van der Waals surface area contributed by atoms with Crippen LogP contribution in [0.2, 0.25) is 0 Å². The molecule has 2 heteroatoms. The maximum atomic E-state index is 11.0. The summed E-state index contributed by atoms with van der Waals surface area (Å²) < 4.78 is 4.84. The smallest absolute Gasteiger partial charge is 0.305 e. The fraction of sp³-hybridized carbons (Fsp3) is 0.769. The summed E-state index contributed by atoms with van der Waals surface area (Å²) >= 11 is 0. The van der Waals surface area contributed by atoms with Crippen LogP contribution >= 0.6 is 0 Å². The Morgan fingerprint density at radius 1 is 1.07 bits per heavy atom. The quantitative estimate of drug-likeness (QED) is 0.329. The van der Waals surface area contributed by atoms with E-state index in [-0.39, 0.29) is 5.97 Å². The largest absolute Gasteiger partial charge is 0.466 e. The second kappa shape index (κ2) is 11.3. The zero-order valence-electron chi connectivity index (χ0n) is 10.1. The van der Waals surface area contributed by atoms with Gasteiger partial charge in [-0.15, -0.1) is 0 Å². The summed E-state index contributed by atoms with van der Waals surface area (Å²) in [6.07, 6.45) is 11.9. The lowest BCUT2D eigenvalue weighted by Gasteiger charge is -1.99. The lowest BCUT2D eigenvalue weighted by molar-refractivity contribution is -0.143. The van der Waals surface area contributed by atoms with Crippen molar-refractivity contribution in [1.29, 1.82) is 0 Å². The highest BCUT2D eigenvalue weighted by Crippen LogP contribution is 2.03. The second-order valence-electron chi connectivity index (χ2n) is 3.66. The van der Waals surface area contributed by atoms with Gasteiger partial charge in [0, 0.05) is 6.42 Å². The molecule has 0 saturated heterocycles. The highest BCUT2D eigenvalue weighted by molar-refractivity contribution is 5.69. The van der Waals surface area contributed by atoms with E-state index in [2.05, 4.69) is 19.1 Å². The third-order valence-electron chi connectivity index (χ3n) is 2.20. The van der Waals surface area contributed by atoms with Gasteiger partial charge in [-0.25, -0.2) is 0 Å². The van der Waals surface area contributed by atoms with Crippen LogP contribution in [0.5, 0.6) is 0 Å². The van der Waals surface area contributed by atoms with Crippen LogP contribution in [-0.4, -0.2) is 12.6 Å². The molecule has 0 spiro atoms. The van der Waals surface area contributed by atoms with E-state index in [0.717, 1.165) is 19.3 Å².